The first-order valence-electron chi connectivity index (χ1n) is 11.2. The van der Waals surface area contributed by atoms with Gasteiger partial charge in [0.05, 0.1) is 12.7 Å². The predicted octanol–water partition coefficient (Wildman–Crippen LogP) is 2.31. The Balaban J connectivity index is 1.81. The van der Waals surface area contributed by atoms with Crippen LogP contribution >= 0.6 is 19.3 Å². The highest BCUT2D eigenvalue weighted by Crippen LogP contribution is 2.47. The van der Waals surface area contributed by atoms with Gasteiger partial charge in [0.2, 0.25) is 0 Å². The summed E-state index contributed by atoms with van der Waals surface area (Å²) in [5.74, 6) is -0.657. The van der Waals surface area contributed by atoms with Crippen molar-refractivity contribution in [3.05, 3.63) is 62.4 Å². The van der Waals surface area contributed by atoms with Gasteiger partial charge in [0.1, 0.15) is 24.0 Å². The molecule has 0 bridgehead atoms. The van der Waals surface area contributed by atoms with E-state index >= 15 is 4.39 Å². The van der Waals surface area contributed by atoms with Gasteiger partial charge in [-0.3, -0.25) is 23.7 Å². The summed E-state index contributed by atoms with van der Waals surface area (Å²) in [5.41, 5.74) is -4.15. The first-order chi connectivity index (χ1) is 17.2. The van der Waals surface area contributed by atoms with Gasteiger partial charge in [-0.05, 0) is 52.0 Å². The van der Waals surface area contributed by atoms with Gasteiger partial charge in [-0.2, -0.15) is 5.09 Å². The average Bonchev–Trinajstić information content (AvgIpc) is 3.02. The predicted molar refractivity (Wildman–Crippen MR) is 130 cm³/mol. The number of aliphatic hydroxyl groups excluding tert-OH is 1. The van der Waals surface area contributed by atoms with Crippen molar-refractivity contribution in [3.63, 3.8) is 0 Å². The van der Waals surface area contributed by atoms with Gasteiger partial charge in [-0.15, -0.1) is 0 Å². The molecular formula is C22H28ClFN3O9P. The van der Waals surface area contributed by atoms with E-state index in [1.54, 1.807) is 13.8 Å². The van der Waals surface area contributed by atoms with Gasteiger partial charge in [0, 0.05) is 17.3 Å². The normalized spacial score (nSPS) is 26.0. The van der Waals surface area contributed by atoms with E-state index in [0.717, 1.165) is 23.8 Å². The van der Waals surface area contributed by atoms with Crippen molar-refractivity contribution in [2.75, 3.05) is 6.61 Å². The monoisotopic (exact) mass is 563 g/mol. The number of benzene rings is 1. The Hall–Kier alpha value is -2.54. The Morgan fingerprint density at radius 1 is 1.30 bits per heavy atom. The molecule has 2 heterocycles. The molecule has 204 valence electrons. The third-order valence-electron chi connectivity index (χ3n) is 5.33. The number of esters is 1. The minimum atomic E-state index is -4.36. The Labute approximate surface area is 216 Å². The smallest absolute Gasteiger partial charge is 0.459 e. The molecule has 37 heavy (non-hydrogen) atoms. The van der Waals surface area contributed by atoms with E-state index in [-0.39, 0.29) is 5.75 Å². The number of carbonyl (C=O) groups excluding carboxylic acids is 1. The van der Waals surface area contributed by atoms with Crippen molar-refractivity contribution < 1.29 is 37.4 Å². The van der Waals surface area contributed by atoms with E-state index in [9.17, 15) is 24.1 Å². The van der Waals surface area contributed by atoms with Crippen LogP contribution in [0.5, 0.6) is 5.75 Å². The summed E-state index contributed by atoms with van der Waals surface area (Å²) in [5, 5.41) is 13.4. The molecule has 1 saturated heterocycles. The number of H-pyrrole nitrogens is 1. The molecule has 1 aliphatic rings. The number of hydrogen-bond donors (Lipinski definition) is 3. The van der Waals surface area contributed by atoms with Crippen LogP contribution in [-0.4, -0.2) is 57.3 Å². The molecule has 3 N–H and O–H groups in total. The molecule has 0 amide bonds. The lowest BCUT2D eigenvalue weighted by Gasteiger charge is -2.25. The molecule has 15 heteroatoms. The summed E-state index contributed by atoms with van der Waals surface area (Å²) < 4.78 is 51.4. The van der Waals surface area contributed by atoms with Gasteiger partial charge >= 0.3 is 19.4 Å². The third-order valence-corrected chi connectivity index (χ3v) is 7.22. The fraction of sp³-hybridized carbons (Fsp3) is 0.500. The largest absolute Gasteiger partial charge is 0.462 e. The maximum Gasteiger partial charge on any atom is 0.459 e. The molecule has 0 spiro atoms. The zero-order chi connectivity index (χ0) is 27.5. The van der Waals surface area contributed by atoms with Gasteiger partial charge in [0.25, 0.3) is 5.56 Å². The number of aliphatic hydroxyl groups is 1. The Kier molecular flexibility index (Phi) is 8.99. The maximum atomic E-state index is 15.5. The lowest BCUT2D eigenvalue weighted by Crippen LogP contribution is -2.43. The molecule has 0 aliphatic carbocycles. The molecule has 1 fully saturated rings. The minimum Gasteiger partial charge on any atom is -0.462 e. The second-order valence-corrected chi connectivity index (χ2v) is 10.9. The lowest BCUT2D eigenvalue weighted by atomic mass is 9.98. The van der Waals surface area contributed by atoms with Crippen LogP contribution in [0.3, 0.4) is 0 Å². The van der Waals surface area contributed by atoms with Crippen molar-refractivity contribution in [1.29, 1.82) is 0 Å². The lowest BCUT2D eigenvalue weighted by molar-refractivity contribution is -0.149. The third kappa shape index (κ3) is 7.07. The SMILES string of the molecule is CC(C)OC(=O)C(C)N[P@](=O)(OC[C@H]1O[C@@H](n2ccc(=O)[nH]c2=O)[C@](C)(F)[C@@H]1O)Oc1ccc(Cl)cc1. The summed E-state index contributed by atoms with van der Waals surface area (Å²) in [4.78, 5) is 37.8. The zero-order valence-corrected chi connectivity index (χ0v) is 22.1. The number of nitrogens with one attached hydrogen (secondary N) is 2. The highest BCUT2D eigenvalue weighted by Gasteiger charge is 2.55. The molecule has 1 aliphatic heterocycles. The van der Waals surface area contributed by atoms with E-state index in [2.05, 4.69) is 5.09 Å². The highest BCUT2D eigenvalue weighted by molar-refractivity contribution is 7.52. The molecule has 2 aromatic rings. The van der Waals surface area contributed by atoms with Crippen LogP contribution in [0.1, 0.15) is 33.9 Å². The van der Waals surface area contributed by atoms with Crippen LogP contribution in [0.25, 0.3) is 0 Å². The van der Waals surface area contributed by atoms with E-state index in [1.165, 1.54) is 31.2 Å². The number of halogens is 2. The van der Waals surface area contributed by atoms with E-state index in [0.29, 0.717) is 5.02 Å². The molecule has 1 aromatic heterocycles. The second kappa shape index (κ2) is 11.5. The number of carbonyl (C=O) groups is 1. The molecule has 6 atom stereocenters. The topological polar surface area (TPSA) is 158 Å². The van der Waals surface area contributed by atoms with Crippen LogP contribution in [-0.2, 0) is 23.4 Å². The number of ether oxygens (including phenoxy) is 2. The van der Waals surface area contributed by atoms with Gasteiger partial charge in [-0.1, -0.05) is 11.6 Å². The van der Waals surface area contributed by atoms with Crippen LogP contribution < -0.4 is 20.9 Å². The summed E-state index contributed by atoms with van der Waals surface area (Å²) in [6.07, 6.45) is -4.29. The van der Waals surface area contributed by atoms with Crippen LogP contribution in [0.15, 0.2) is 46.1 Å². The Morgan fingerprint density at radius 3 is 2.54 bits per heavy atom. The second-order valence-electron chi connectivity index (χ2n) is 8.82. The summed E-state index contributed by atoms with van der Waals surface area (Å²) >= 11 is 5.87. The molecule has 1 aromatic carbocycles. The number of aromatic amines is 1. The number of hydrogen-bond acceptors (Lipinski definition) is 9. The molecule has 12 nitrogen and oxygen atoms in total. The van der Waals surface area contributed by atoms with Crippen LogP contribution in [0, 0.1) is 0 Å². The summed E-state index contributed by atoms with van der Waals surface area (Å²) in [7, 11) is -4.36. The quantitative estimate of drug-likeness (QED) is 0.289. The number of aromatic nitrogens is 2. The van der Waals surface area contributed by atoms with Gasteiger partial charge < -0.3 is 19.1 Å². The molecule has 0 radical (unpaired) electrons. The minimum absolute atomic E-state index is 0.0746. The maximum absolute atomic E-state index is 15.5. The summed E-state index contributed by atoms with van der Waals surface area (Å²) in [6.45, 7) is 5.00. The number of alkyl halides is 1. The van der Waals surface area contributed by atoms with Crippen molar-refractivity contribution in [2.24, 2.45) is 0 Å². The average molecular weight is 564 g/mol. The standard InChI is InChI=1S/C22H28ClFN3O9P/c1-12(2)34-19(30)13(3)26-37(32,36-15-7-5-14(23)6-8-15)33-11-16-18(29)22(4,24)20(35-16)27-10-9-17(28)25-21(27)31/h5-10,12-13,16,18,20,29H,11H2,1-4H3,(H,26,32)(H,25,28,31)/t13?,16-,18-,20-,22-,37+/m1/s1. The van der Waals surface area contributed by atoms with E-state index in [4.69, 9.17) is 30.1 Å². The zero-order valence-electron chi connectivity index (χ0n) is 20.4. The van der Waals surface area contributed by atoms with E-state index in [1.807, 2.05) is 4.98 Å². The fourth-order valence-electron chi connectivity index (χ4n) is 3.48. The molecular weight excluding hydrogens is 536 g/mol. The molecule has 0 saturated carbocycles. The molecule has 3 rings (SSSR count). The molecule has 1 unspecified atom stereocenters. The number of rotatable bonds is 10. The first-order valence-corrected chi connectivity index (χ1v) is 13.2. The van der Waals surface area contributed by atoms with E-state index < -0.39 is 67.8 Å². The Morgan fingerprint density at radius 2 is 1.95 bits per heavy atom. The summed E-state index contributed by atoms with van der Waals surface area (Å²) in [6, 6.07) is 5.62. The first kappa shape index (κ1) is 29.0. The van der Waals surface area contributed by atoms with Crippen LogP contribution in [0.2, 0.25) is 5.02 Å². The highest BCUT2D eigenvalue weighted by atomic mass is 35.5. The van der Waals surface area contributed by atoms with Crippen molar-refractivity contribution in [3.8, 4) is 5.75 Å². The Bertz CT molecular complexity index is 1270. The van der Waals surface area contributed by atoms with Crippen molar-refractivity contribution >= 4 is 25.3 Å². The van der Waals surface area contributed by atoms with Gasteiger partial charge in [0.15, 0.2) is 11.9 Å². The van der Waals surface area contributed by atoms with Crippen molar-refractivity contribution in [1.82, 2.24) is 14.6 Å². The van der Waals surface area contributed by atoms with Gasteiger partial charge in [-0.25, -0.2) is 13.8 Å². The van der Waals surface area contributed by atoms with Crippen molar-refractivity contribution in [2.45, 2.75) is 63.9 Å². The van der Waals surface area contributed by atoms with Crippen LogP contribution in [0.4, 0.5) is 4.39 Å². The number of nitrogens with zero attached hydrogens (tertiary/aromatic N) is 1. The fourth-order valence-corrected chi connectivity index (χ4v) is 5.11.